The molecule has 23 heavy (non-hydrogen) atoms. The third-order valence-corrected chi connectivity index (χ3v) is 6.96. The minimum atomic E-state index is -3.16. The normalized spacial score (nSPS) is 18.8. The smallest absolute Gasteiger partial charge is 0.148 e. The van der Waals surface area contributed by atoms with Gasteiger partial charge < -0.3 is 0 Å². The third-order valence-electron chi connectivity index (χ3n) is 4.20. The minimum absolute atomic E-state index is 0.156. The van der Waals surface area contributed by atoms with Crippen LogP contribution in [0.25, 0.3) is 0 Å². The van der Waals surface area contributed by atoms with E-state index in [1.165, 1.54) is 19.9 Å². The van der Waals surface area contributed by atoms with Crippen LogP contribution in [-0.4, -0.2) is 15.5 Å². The molecule has 1 aromatic carbocycles. The summed E-state index contributed by atoms with van der Waals surface area (Å²) in [5.74, 6) is 0.149. The predicted molar refractivity (Wildman–Crippen MR) is 98.5 cm³/mol. The van der Waals surface area contributed by atoms with Crippen LogP contribution in [0.4, 0.5) is 4.39 Å². The first-order valence-electron chi connectivity index (χ1n) is 7.52. The lowest BCUT2D eigenvalue weighted by molar-refractivity contribution is 0.536. The molecule has 0 spiro atoms. The van der Waals surface area contributed by atoms with Crippen molar-refractivity contribution in [2.75, 3.05) is 6.54 Å². The second-order valence-electron chi connectivity index (χ2n) is 6.54. The number of halogens is 2. The van der Waals surface area contributed by atoms with Gasteiger partial charge in [-0.1, -0.05) is 12.8 Å². The van der Waals surface area contributed by atoms with Gasteiger partial charge in [-0.3, -0.25) is 0 Å². The molecule has 1 aliphatic carbocycles. The first kappa shape index (κ1) is 18.6. The summed E-state index contributed by atoms with van der Waals surface area (Å²) in [7, 11) is -3.16. The Morgan fingerprint density at radius 1 is 1.57 bits per heavy atom. The Balaban J connectivity index is 2.32. The van der Waals surface area contributed by atoms with E-state index in [1.807, 2.05) is 12.1 Å². The van der Waals surface area contributed by atoms with E-state index in [2.05, 4.69) is 27.0 Å². The van der Waals surface area contributed by atoms with Gasteiger partial charge in [0.05, 0.1) is 12.6 Å². The summed E-state index contributed by atoms with van der Waals surface area (Å²) in [6, 6.07) is 6.93. The van der Waals surface area contributed by atoms with Crippen LogP contribution in [0.2, 0.25) is 0 Å². The van der Waals surface area contributed by atoms with Gasteiger partial charge in [-0.2, -0.15) is 5.26 Å². The zero-order valence-electron chi connectivity index (χ0n) is 13.3. The number of rotatable bonds is 6. The number of hydrogen-bond acceptors (Lipinski definition) is 3. The second kappa shape index (κ2) is 7.03. The lowest BCUT2D eigenvalue weighted by Crippen LogP contribution is -2.36. The Kier molecular flexibility index (Phi) is 5.69. The average molecular weight is 449 g/mol. The van der Waals surface area contributed by atoms with Crippen molar-refractivity contribution in [2.45, 2.75) is 43.8 Å². The van der Waals surface area contributed by atoms with Crippen LogP contribution < -0.4 is 5.14 Å². The molecule has 0 amide bonds. The van der Waals surface area contributed by atoms with Gasteiger partial charge in [-0.25, -0.2) is 18.1 Å². The summed E-state index contributed by atoms with van der Waals surface area (Å²) in [6.45, 7) is 3.20. The molecule has 2 unspecified atom stereocenters. The van der Waals surface area contributed by atoms with E-state index in [0.717, 1.165) is 22.8 Å². The molecular formula is C16H21FIN3OS. The molecule has 1 aliphatic rings. The van der Waals surface area contributed by atoms with Gasteiger partial charge in [0.15, 0.2) is 0 Å². The fourth-order valence-electron chi connectivity index (χ4n) is 2.31. The van der Waals surface area contributed by atoms with Crippen LogP contribution in [0.3, 0.4) is 0 Å². The van der Waals surface area contributed by atoms with E-state index in [0.29, 0.717) is 11.5 Å². The Bertz CT molecular complexity index is 746. The first-order valence-corrected chi connectivity index (χ1v) is 10.2. The maximum Gasteiger partial charge on any atom is 0.148 e. The zero-order valence-corrected chi connectivity index (χ0v) is 16.2. The summed E-state index contributed by atoms with van der Waals surface area (Å²) >= 11 is 2.15. The maximum absolute atomic E-state index is 14.2. The molecule has 2 atom stereocenters. The molecule has 1 aromatic rings. The van der Waals surface area contributed by atoms with Crippen molar-refractivity contribution in [1.29, 1.82) is 5.26 Å². The van der Waals surface area contributed by atoms with E-state index in [4.69, 9.17) is 10.4 Å². The molecule has 0 saturated heterocycles. The molecule has 7 heteroatoms. The van der Waals surface area contributed by atoms with Crippen molar-refractivity contribution in [1.82, 2.24) is 0 Å². The number of benzene rings is 1. The molecule has 1 fully saturated rings. The highest BCUT2D eigenvalue weighted by molar-refractivity contribution is 14.1. The highest BCUT2D eigenvalue weighted by atomic mass is 127. The van der Waals surface area contributed by atoms with E-state index in [1.54, 1.807) is 6.07 Å². The standard InChI is InChI=1S/C16H21FIN3OS/c1-16(2,10-19)23(20,22)21-9-12(7-11-3-4-11)14-8-13(18)5-6-15(14)17/h5-6,8,11-12H,3-4,7,9H2,1-2H3,(H2,20,21,22). The quantitative estimate of drug-likeness (QED) is 0.668. The van der Waals surface area contributed by atoms with Crippen LogP contribution >= 0.6 is 22.6 Å². The van der Waals surface area contributed by atoms with Gasteiger partial charge in [-0.15, -0.1) is 0 Å². The highest BCUT2D eigenvalue weighted by Crippen LogP contribution is 2.39. The Hall–Kier alpha value is -0.720. The molecule has 0 radical (unpaired) electrons. The van der Waals surface area contributed by atoms with Gasteiger partial charge in [-0.05, 0) is 72.5 Å². The van der Waals surface area contributed by atoms with Gasteiger partial charge >= 0.3 is 0 Å². The van der Waals surface area contributed by atoms with Crippen molar-refractivity contribution in [3.63, 3.8) is 0 Å². The Labute approximate surface area is 151 Å². The molecule has 2 rings (SSSR count). The topological polar surface area (TPSA) is 79.2 Å². The number of nitriles is 1. The van der Waals surface area contributed by atoms with E-state index in [9.17, 15) is 8.60 Å². The van der Waals surface area contributed by atoms with E-state index in [-0.39, 0.29) is 18.3 Å². The van der Waals surface area contributed by atoms with Crippen molar-refractivity contribution in [3.05, 3.63) is 33.1 Å². The van der Waals surface area contributed by atoms with Gasteiger partial charge in [0.25, 0.3) is 0 Å². The summed E-state index contributed by atoms with van der Waals surface area (Å²) in [5.41, 5.74) is 0.595. The fraction of sp³-hybridized carbons (Fsp3) is 0.562. The Morgan fingerprint density at radius 2 is 2.22 bits per heavy atom. The number of nitrogens with zero attached hydrogens (tertiary/aromatic N) is 2. The molecule has 0 aliphatic heterocycles. The van der Waals surface area contributed by atoms with Crippen LogP contribution in [0.1, 0.15) is 44.6 Å². The SMILES string of the molecule is CC(C)(C#N)S(N)(=O)=NCC(CC1CC1)c1cc(I)ccc1F. The molecule has 4 nitrogen and oxygen atoms in total. The summed E-state index contributed by atoms with van der Waals surface area (Å²) in [6.07, 6.45) is 3.09. The minimum Gasteiger partial charge on any atom is -0.244 e. The lowest BCUT2D eigenvalue weighted by Gasteiger charge is -2.20. The van der Waals surface area contributed by atoms with Gasteiger partial charge in [0, 0.05) is 9.49 Å². The van der Waals surface area contributed by atoms with Gasteiger partial charge in [0.2, 0.25) is 0 Å². The molecule has 1 saturated carbocycles. The number of hydrogen-bond donors (Lipinski definition) is 1. The summed E-state index contributed by atoms with van der Waals surface area (Å²) in [5, 5.41) is 14.9. The largest absolute Gasteiger partial charge is 0.244 e. The van der Waals surface area contributed by atoms with E-state index < -0.39 is 14.7 Å². The van der Waals surface area contributed by atoms with Crippen molar-refractivity contribution >= 4 is 32.5 Å². The van der Waals surface area contributed by atoms with Crippen molar-refractivity contribution in [3.8, 4) is 6.07 Å². The van der Waals surface area contributed by atoms with Crippen molar-refractivity contribution in [2.24, 2.45) is 15.4 Å². The van der Waals surface area contributed by atoms with Crippen LogP contribution in [0.15, 0.2) is 22.6 Å². The lowest BCUT2D eigenvalue weighted by atomic mass is 9.93. The van der Waals surface area contributed by atoms with Crippen LogP contribution in [0, 0.1) is 26.6 Å². The Morgan fingerprint density at radius 3 is 2.78 bits per heavy atom. The summed E-state index contributed by atoms with van der Waals surface area (Å²) in [4.78, 5) is 0. The van der Waals surface area contributed by atoms with Crippen LogP contribution in [-0.2, 0) is 9.92 Å². The maximum atomic E-state index is 14.2. The molecule has 126 valence electrons. The van der Waals surface area contributed by atoms with Gasteiger partial charge in [0.1, 0.15) is 20.5 Å². The first-order chi connectivity index (χ1) is 10.7. The fourth-order valence-corrected chi connectivity index (χ4v) is 3.68. The van der Waals surface area contributed by atoms with E-state index >= 15 is 0 Å². The van der Waals surface area contributed by atoms with Crippen LogP contribution in [0.5, 0.6) is 0 Å². The zero-order chi connectivity index (χ0) is 17.3. The van der Waals surface area contributed by atoms with Crippen molar-refractivity contribution < 1.29 is 8.60 Å². The predicted octanol–water partition coefficient (Wildman–Crippen LogP) is 3.96. The second-order valence-corrected chi connectivity index (χ2v) is 10.2. The summed E-state index contributed by atoms with van der Waals surface area (Å²) < 4.78 is 30.6. The number of nitrogens with two attached hydrogens (primary N) is 1. The molecular weight excluding hydrogens is 428 g/mol. The molecule has 0 aromatic heterocycles. The monoisotopic (exact) mass is 449 g/mol. The average Bonchev–Trinajstić information content (AvgIpc) is 3.30. The molecule has 0 bridgehead atoms. The highest BCUT2D eigenvalue weighted by Gasteiger charge is 2.31. The third kappa shape index (κ3) is 4.64. The molecule has 0 heterocycles. The molecule has 2 N–H and O–H groups in total.